The van der Waals surface area contributed by atoms with Gasteiger partial charge in [-0.05, 0) is 12.3 Å². The van der Waals surface area contributed by atoms with Gasteiger partial charge in [0, 0.05) is 0 Å². The van der Waals surface area contributed by atoms with Crippen molar-refractivity contribution in [2.24, 2.45) is 0 Å². The molecule has 0 aromatic rings. The Morgan fingerprint density at radius 1 is 1.50 bits per heavy atom. The van der Waals surface area contributed by atoms with Gasteiger partial charge in [0.05, 0.1) is 0 Å². The summed E-state index contributed by atoms with van der Waals surface area (Å²) in [5.74, 6) is 0.273. The van der Waals surface area contributed by atoms with Crippen molar-refractivity contribution >= 4 is 18.2 Å². The molecule has 2 nitrogen and oxygen atoms in total. The predicted octanol–water partition coefficient (Wildman–Crippen LogP) is 1.30. The second kappa shape index (κ2) is 6.24. The molecule has 0 aliphatic rings. The highest BCUT2D eigenvalue weighted by Gasteiger charge is 1.75. The topological polar surface area (TPSA) is 35.9 Å². The largest absolute Gasteiger partial charge is 0.348 e. The maximum Gasteiger partial charge on any atom is 0.121 e. The molecule has 2 N–H and O–H groups in total. The molecule has 0 heterocycles. The van der Waals surface area contributed by atoms with Crippen LogP contribution >= 0.6 is 12.4 Å². The number of rotatable bonds is 2. The highest BCUT2D eigenvalue weighted by molar-refractivity contribution is 5.90. The molecule has 0 saturated carbocycles. The maximum absolute atomic E-state index is 6.84. The van der Waals surface area contributed by atoms with Crippen LogP contribution in [0.15, 0.2) is 25.4 Å². The van der Waals surface area contributed by atoms with Crippen molar-refractivity contribution in [1.82, 2.24) is 5.32 Å². The van der Waals surface area contributed by atoms with Gasteiger partial charge in [-0.15, -0.1) is 12.4 Å². The minimum atomic E-state index is 0. The van der Waals surface area contributed by atoms with E-state index in [0.717, 1.165) is 0 Å². The molecular formula is C5H9ClN2. The number of nitrogens with one attached hydrogen (secondary N) is 2. The smallest absolute Gasteiger partial charge is 0.121 e. The first kappa shape index (κ1) is 10.3. The predicted molar refractivity (Wildman–Crippen MR) is 38.5 cm³/mol. The Balaban J connectivity index is 0. The van der Waals surface area contributed by atoms with Crippen molar-refractivity contribution in [3.05, 3.63) is 25.4 Å². The van der Waals surface area contributed by atoms with E-state index in [-0.39, 0.29) is 18.2 Å². The van der Waals surface area contributed by atoms with Gasteiger partial charge in [-0.3, -0.25) is 5.41 Å². The molecule has 0 bridgehead atoms. The molecular weight excluding hydrogens is 124 g/mol. The lowest BCUT2D eigenvalue weighted by Crippen LogP contribution is -2.10. The van der Waals surface area contributed by atoms with E-state index in [2.05, 4.69) is 18.5 Å². The zero-order valence-corrected chi connectivity index (χ0v) is 5.29. The summed E-state index contributed by atoms with van der Waals surface area (Å²) in [6, 6.07) is 0. The van der Waals surface area contributed by atoms with Gasteiger partial charge in [0.2, 0.25) is 0 Å². The van der Waals surface area contributed by atoms with E-state index in [1.165, 1.54) is 12.3 Å². The van der Waals surface area contributed by atoms with Crippen LogP contribution in [-0.4, -0.2) is 5.84 Å². The minimum absolute atomic E-state index is 0. The molecule has 0 atom stereocenters. The van der Waals surface area contributed by atoms with Gasteiger partial charge in [0.25, 0.3) is 0 Å². The first-order valence-corrected chi connectivity index (χ1v) is 1.89. The van der Waals surface area contributed by atoms with Crippen LogP contribution in [0.5, 0.6) is 0 Å². The molecule has 8 heavy (non-hydrogen) atoms. The summed E-state index contributed by atoms with van der Waals surface area (Å²) in [5, 5.41) is 9.36. The normalized spacial score (nSPS) is 6.00. The van der Waals surface area contributed by atoms with Gasteiger partial charge < -0.3 is 5.32 Å². The monoisotopic (exact) mass is 132 g/mol. The fourth-order valence-electron chi connectivity index (χ4n) is 0.169. The molecule has 0 fully saturated rings. The van der Waals surface area contributed by atoms with Crippen molar-refractivity contribution in [1.29, 1.82) is 5.41 Å². The summed E-state index contributed by atoms with van der Waals surface area (Å²) in [4.78, 5) is 0. The van der Waals surface area contributed by atoms with Crippen molar-refractivity contribution < 1.29 is 0 Å². The zero-order chi connectivity index (χ0) is 5.70. The average Bonchev–Trinajstić information content (AvgIpc) is 1.68. The summed E-state index contributed by atoms with van der Waals surface area (Å²) in [6.45, 7) is 6.69. The standard InChI is InChI=1S/C5H8N2.ClH/c1-3-5(6)7-4-2;/h3-4H,1-2H2,(H2,6,7);1H. The van der Waals surface area contributed by atoms with Crippen LogP contribution in [0.2, 0.25) is 0 Å². The van der Waals surface area contributed by atoms with Crippen LogP contribution in [0.4, 0.5) is 0 Å². The number of halogens is 1. The fourth-order valence-corrected chi connectivity index (χ4v) is 0.169. The molecule has 0 spiro atoms. The van der Waals surface area contributed by atoms with Crippen LogP contribution in [-0.2, 0) is 0 Å². The van der Waals surface area contributed by atoms with Crippen molar-refractivity contribution in [2.45, 2.75) is 0 Å². The number of hydrogen-bond donors (Lipinski definition) is 2. The molecule has 0 unspecified atom stereocenters. The van der Waals surface area contributed by atoms with Crippen LogP contribution in [0.25, 0.3) is 0 Å². The lowest BCUT2D eigenvalue weighted by molar-refractivity contribution is 1.25. The van der Waals surface area contributed by atoms with Crippen molar-refractivity contribution in [2.75, 3.05) is 0 Å². The first-order valence-electron chi connectivity index (χ1n) is 1.89. The Kier molecular flexibility index (Phi) is 8.01. The maximum atomic E-state index is 6.84. The molecule has 0 aliphatic heterocycles. The third-order valence-electron chi connectivity index (χ3n) is 0.462. The average molecular weight is 133 g/mol. The van der Waals surface area contributed by atoms with Gasteiger partial charge in [0.1, 0.15) is 5.84 Å². The van der Waals surface area contributed by atoms with Crippen molar-refractivity contribution in [3.8, 4) is 0 Å². The summed E-state index contributed by atoms with van der Waals surface area (Å²) < 4.78 is 0. The molecule has 0 amide bonds. The third kappa shape index (κ3) is 5.24. The second-order valence-corrected chi connectivity index (χ2v) is 0.966. The SMILES string of the molecule is C=CNC(=N)C=C.Cl. The summed E-state index contributed by atoms with van der Waals surface area (Å²) >= 11 is 0. The molecule has 0 saturated heterocycles. The van der Waals surface area contributed by atoms with Crippen LogP contribution in [0.3, 0.4) is 0 Å². The quantitative estimate of drug-likeness (QED) is 0.431. The first-order chi connectivity index (χ1) is 3.31. The molecule has 0 radical (unpaired) electrons. The highest BCUT2D eigenvalue weighted by Crippen LogP contribution is 1.63. The van der Waals surface area contributed by atoms with Crippen LogP contribution in [0.1, 0.15) is 0 Å². The Labute approximate surface area is 55.2 Å². The second-order valence-electron chi connectivity index (χ2n) is 0.966. The van der Waals surface area contributed by atoms with Gasteiger partial charge in [-0.2, -0.15) is 0 Å². The molecule has 0 rings (SSSR count). The summed E-state index contributed by atoms with van der Waals surface area (Å²) in [7, 11) is 0. The van der Waals surface area contributed by atoms with E-state index < -0.39 is 0 Å². The van der Waals surface area contributed by atoms with Gasteiger partial charge >= 0.3 is 0 Å². The fraction of sp³-hybridized carbons (Fsp3) is 0. The van der Waals surface area contributed by atoms with E-state index in [4.69, 9.17) is 5.41 Å². The number of amidine groups is 1. The minimum Gasteiger partial charge on any atom is -0.348 e. The molecule has 3 heteroatoms. The van der Waals surface area contributed by atoms with E-state index in [9.17, 15) is 0 Å². The Bertz CT molecular complexity index is 98.6. The van der Waals surface area contributed by atoms with E-state index in [1.54, 1.807) is 0 Å². The Morgan fingerprint density at radius 2 is 2.00 bits per heavy atom. The van der Waals surface area contributed by atoms with Crippen LogP contribution in [0, 0.1) is 5.41 Å². The Morgan fingerprint density at radius 3 is 2.12 bits per heavy atom. The van der Waals surface area contributed by atoms with Crippen molar-refractivity contribution in [3.63, 3.8) is 0 Å². The number of hydrogen-bond acceptors (Lipinski definition) is 1. The van der Waals surface area contributed by atoms with E-state index in [0.29, 0.717) is 0 Å². The third-order valence-corrected chi connectivity index (χ3v) is 0.462. The zero-order valence-electron chi connectivity index (χ0n) is 4.48. The van der Waals surface area contributed by atoms with E-state index >= 15 is 0 Å². The van der Waals surface area contributed by atoms with Crippen LogP contribution < -0.4 is 5.32 Å². The molecule has 0 aliphatic carbocycles. The molecule has 46 valence electrons. The lowest BCUT2D eigenvalue weighted by atomic mass is 10.6. The van der Waals surface area contributed by atoms with Gasteiger partial charge in [0.15, 0.2) is 0 Å². The van der Waals surface area contributed by atoms with Gasteiger partial charge in [-0.1, -0.05) is 13.2 Å². The summed E-state index contributed by atoms with van der Waals surface area (Å²) in [5.41, 5.74) is 0. The Hall–Kier alpha value is -0.760. The van der Waals surface area contributed by atoms with E-state index in [1.807, 2.05) is 0 Å². The molecule has 0 aromatic carbocycles. The lowest BCUT2D eigenvalue weighted by Gasteiger charge is -1.89. The summed E-state index contributed by atoms with van der Waals surface area (Å²) in [6.07, 6.45) is 2.84. The van der Waals surface area contributed by atoms with Gasteiger partial charge in [-0.25, -0.2) is 0 Å². The highest BCUT2D eigenvalue weighted by atomic mass is 35.5. The molecule has 0 aromatic heterocycles.